The standard InChI is InChI=1S/C27H36FNO3/c1-5-26(30)29(19-20-6-12-24(31-4)13-7-20)16-14-25(21-8-10-23(28)11-9-21)22-15-17-32-27(2,3)18-22/h6-13,22,25H,5,14-19H2,1-4H3/t22-,25+/m1/s1. The van der Waals surface area contributed by atoms with E-state index in [-0.39, 0.29) is 23.2 Å². The molecule has 2 aromatic rings. The molecule has 4 nitrogen and oxygen atoms in total. The number of amides is 1. The van der Waals surface area contributed by atoms with Crippen molar-refractivity contribution in [3.63, 3.8) is 0 Å². The van der Waals surface area contributed by atoms with E-state index in [4.69, 9.17) is 9.47 Å². The molecule has 2 atom stereocenters. The van der Waals surface area contributed by atoms with Crippen molar-refractivity contribution >= 4 is 5.91 Å². The SMILES string of the molecule is CCC(=O)N(CC[C@@H](c1ccc(F)cc1)[C@@H]1CCOC(C)(C)C1)Cc1ccc(OC)cc1. The number of nitrogens with zero attached hydrogens (tertiary/aromatic N) is 1. The van der Waals surface area contributed by atoms with Gasteiger partial charge in [0.05, 0.1) is 12.7 Å². The molecule has 0 N–H and O–H groups in total. The number of rotatable bonds is 9. The van der Waals surface area contributed by atoms with Gasteiger partial charge in [-0.15, -0.1) is 0 Å². The van der Waals surface area contributed by atoms with E-state index in [9.17, 15) is 9.18 Å². The summed E-state index contributed by atoms with van der Waals surface area (Å²) in [4.78, 5) is 14.7. The first-order chi connectivity index (χ1) is 15.3. The minimum Gasteiger partial charge on any atom is -0.497 e. The minimum atomic E-state index is -0.220. The number of methoxy groups -OCH3 is 1. The topological polar surface area (TPSA) is 38.8 Å². The van der Waals surface area contributed by atoms with Gasteiger partial charge in [-0.1, -0.05) is 31.2 Å². The third-order valence-electron chi connectivity index (χ3n) is 6.50. The summed E-state index contributed by atoms with van der Waals surface area (Å²) in [6.07, 6.45) is 3.25. The zero-order chi connectivity index (χ0) is 23.1. The van der Waals surface area contributed by atoms with E-state index >= 15 is 0 Å². The quantitative estimate of drug-likeness (QED) is 0.482. The van der Waals surface area contributed by atoms with Crippen molar-refractivity contribution in [2.45, 2.75) is 64.5 Å². The highest BCUT2D eigenvalue weighted by Gasteiger charge is 2.34. The van der Waals surface area contributed by atoms with Crippen molar-refractivity contribution in [3.05, 3.63) is 65.5 Å². The van der Waals surface area contributed by atoms with E-state index in [1.165, 1.54) is 0 Å². The molecule has 0 saturated carbocycles. The lowest BCUT2D eigenvalue weighted by atomic mass is 9.75. The molecule has 0 spiro atoms. The number of halogens is 1. The van der Waals surface area contributed by atoms with E-state index in [1.807, 2.05) is 48.2 Å². The summed E-state index contributed by atoms with van der Waals surface area (Å²) >= 11 is 0. The molecule has 1 aliphatic heterocycles. The highest BCUT2D eigenvalue weighted by atomic mass is 19.1. The van der Waals surface area contributed by atoms with Gasteiger partial charge in [-0.25, -0.2) is 4.39 Å². The lowest BCUT2D eigenvalue weighted by Crippen LogP contribution is -2.38. The third kappa shape index (κ3) is 6.55. The first kappa shape index (κ1) is 24.2. The van der Waals surface area contributed by atoms with E-state index in [0.717, 1.165) is 42.7 Å². The average molecular weight is 442 g/mol. The Morgan fingerprint density at radius 3 is 2.47 bits per heavy atom. The Labute approximate surface area is 191 Å². The Kier molecular flexibility index (Phi) is 8.30. The number of ether oxygens (including phenoxy) is 2. The fourth-order valence-electron chi connectivity index (χ4n) is 4.77. The molecule has 5 heteroatoms. The van der Waals surface area contributed by atoms with Crippen LogP contribution in [0.2, 0.25) is 0 Å². The van der Waals surface area contributed by atoms with Gasteiger partial charge >= 0.3 is 0 Å². The van der Waals surface area contributed by atoms with Crippen LogP contribution >= 0.6 is 0 Å². The van der Waals surface area contributed by atoms with Crippen molar-refractivity contribution in [3.8, 4) is 5.75 Å². The Morgan fingerprint density at radius 1 is 1.19 bits per heavy atom. The number of benzene rings is 2. The maximum absolute atomic E-state index is 13.6. The van der Waals surface area contributed by atoms with Crippen LogP contribution in [0.5, 0.6) is 5.75 Å². The van der Waals surface area contributed by atoms with Gasteiger partial charge in [-0.2, -0.15) is 0 Å². The van der Waals surface area contributed by atoms with Crippen LogP contribution in [0.25, 0.3) is 0 Å². The van der Waals surface area contributed by atoms with Crippen LogP contribution in [-0.2, 0) is 16.1 Å². The van der Waals surface area contributed by atoms with Crippen molar-refractivity contribution in [2.24, 2.45) is 5.92 Å². The molecule has 1 fully saturated rings. The Balaban J connectivity index is 1.77. The van der Waals surface area contributed by atoms with Crippen LogP contribution < -0.4 is 4.74 Å². The van der Waals surface area contributed by atoms with Crippen molar-refractivity contribution in [2.75, 3.05) is 20.3 Å². The smallest absolute Gasteiger partial charge is 0.222 e. The van der Waals surface area contributed by atoms with Gasteiger partial charge in [0.15, 0.2) is 0 Å². The van der Waals surface area contributed by atoms with Crippen LogP contribution in [0.3, 0.4) is 0 Å². The fraction of sp³-hybridized carbons (Fsp3) is 0.519. The first-order valence-corrected chi connectivity index (χ1v) is 11.6. The molecular formula is C27H36FNO3. The van der Waals surface area contributed by atoms with Crippen molar-refractivity contribution in [1.82, 2.24) is 4.90 Å². The predicted octanol–water partition coefficient (Wildman–Crippen LogP) is 5.95. The summed E-state index contributed by atoms with van der Waals surface area (Å²) in [6.45, 7) is 8.15. The molecule has 32 heavy (non-hydrogen) atoms. The fourth-order valence-corrected chi connectivity index (χ4v) is 4.77. The Bertz CT molecular complexity index is 863. The third-order valence-corrected chi connectivity index (χ3v) is 6.50. The van der Waals surface area contributed by atoms with Gasteiger partial charge in [0, 0.05) is 26.1 Å². The Hall–Kier alpha value is -2.40. The highest BCUT2D eigenvalue weighted by Crippen LogP contribution is 2.40. The van der Waals surface area contributed by atoms with E-state index in [1.54, 1.807) is 19.2 Å². The van der Waals surface area contributed by atoms with Crippen molar-refractivity contribution < 1.29 is 18.7 Å². The summed E-state index contributed by atoms with van der Waals surface area (Å²) < 4.78 is 24.8. The van der Waals surface area contributed by atoms with E-state index in [0.29, 0.717) is 25.4 Å². The zero-order valence-electron chi connectivity index (χ0n) is 19.8. The van der Waals surface area contributed by atoms with Crippen LogP contribution in [0.4, 0.5) is 4.39 Å². The van der Waals surface area contributed by atoms with Gasteiger partial charge in [-0.3, -0.25) is 4.79 Å². The van der Waals surface area contributed by atoms with Crippen LogP contribution in [0, 0.1) is 11.7 Å². The lowest BCUT2D eigenvalue weighted by molar-refractivity contribution is -0.131. The summed E-state index contributed by atoms with van der Waals surface area (Å²) in [5.74, 6) is 1.42. The van der Waals surface area contributed by atoms with Crippen LogP contribution in [0.1, 0.15) is 63.5 Å². The molecule has 174 valence electrons. The number of carbonyl (C=O) groups is 1. The summed E-state index contributed by atoms with van der Waals surface area (Å²) in [5.41, 5.74) is 2.06. The van der Waals surface area contributed by atoms with Gasteiger partial charge in [0.1, 0.15) is 11.6 Å². The molecule has 0 unspecified atom stereocenters. The molecule has 0 radical (unpaired) electrons. The molecule has 3 rings (SSSR count). The molecule has 1 amide bonds. The molecule has 2 aromatic carbocycles. The monoisotopic (exact) mass is 441 g/mol. The molecule has 0 aromatic heterocycles. The number of hydrogen-bond donors (Lipinski definition) is 0. The molecular weight excluding hydrogens is 405 g/mol. The van der Waals surface area contributed by atoms with Crippen LogP contribution in [-0.4, -0.2) is 36.7 Å². The molecule has 1 heterocycles. The second-order valence-corrected chi connectivity index (χ2v) is 9.32. The van der Waals surface area contributed by atoms with Gasteiger partial charge in [0.25, 0.3) is 0 Å². The highest BCUT2D eigenvalue weighted by molar-refractivity contribution is 5.75. The Morgan fingerprint density at radius 2 is 1.88 bits per heavy atom. The summed E-state index contributed by atoms with van der Waals surface area (Å²) in [6, 6.07) is 14.7. The maximum atomic E-state index is 13.6. The summed E-state index contributed by atoms with van der Waals surface area (Å²) in [5, 5.41) is 0. The average Bonchev–Trinajstić information content (AvgIpc) is 2.79. The lowest BCUT2D eigenvalue weighted by Gasteiger charge is -2.40. The zero-order valence-corrected chi connectivity index (χ0v) is 19.8. The second kappa shape index (κ2) is 11.0. The molecule has 0 aliphatic carbocycles. The molecule has 1 saturated heterocycles. The first-order valence-electron chi connectivity index (χ1n) is 11.6. The predicted molar refractivity (Wildman–Crippen MR) is 125 cm³/mol. The van der Waals surface area contributed by atoms with E-state index in [2.05, 4.69) is 13.8 Å². The van der Waals surface area contributed by atoms with Gasteiger partial charge < -0.3 is 14.4 Å². The summed E-state index contributed by atoms with van der Waals surface area (Å²) in [7, 11) is 1.65. The van der Waals surface area contributed by atoms with Crippen molar-refractivity contribution in [1.29, 1.82) is 0 Å². The minimum absolute atomic E-state index is 0.144. The molecule has 1 aliphatic rings. The number of hydrogen-bond acceptors (Lipinski definition) is 3. The second-order valence-electron chi connectivity index (χ2n) is 9.32. The largest absolute Gasteiger partial charge is 0.497 e. The number of carbonyl (C=O) groups excluding carboxylic acids is 1. The van der Waals surface area contributed by atoms with Crippen LogP contribution in [0.15, 0.2) is 48.5 Å². The molecule has 0 bridgehead atoms. The van der Waals surface area contributed by atoms with Gasteiger partial charge in [0.2, 0.25) is 5.91 Å². The maximum Gasteiger partial charge on any atom is 0.222 e. The van der Waals surface area contributed by atoms with Gasteiger partial charge in [-0.05, 0) is 80.3 Å². The van der Waals surface area contributed by atoms with E-state index < -0.39 is 0 Å². The normalized spacial score (nSPS) is 18.7.